The van der Waals surface area contributed by atoms with E-state index in [4.69, 9.17) is 0 Å². The summed E-state index contributed by atoms with van der Waals surface area (Å²) in [7, 11) is 0. The third-order valence-electron chi connectivity index (χ3n) is 2.77. The Hall–Kier alpha value is 0.469. The number of rotatable bonds is 5. The van der Waals surface area contributed by atoms with Gasteiger partial charge in [0.1, 0.15) is 0 Å². The molecule has 0 heterocycles. The number of hydrogen-bond donors (Lipinski definition) is 0. The fourth-order valence-corrected chi connectivity index (χ4v) is 9.12. The van der Waals surface area contributed by atoms with Gasteiger partial charge in [0.25, 0.3) is 0 Å². The van der Waals surface area contributed by atoms with E-state index in [9.17, 15) is 4.79 Å². The van der Waals surface area contributed by atoms with Crippen LogP contribution in [0.15, 0.2) is 0 Å². The molecule has 1 nitrogen and oxygen atoms in total. The second kappa shape index (κ2) is 5.16. The molecule has 0 atom stereocenters. The van der Waals surface area contributed by atoms with Crippen LogP contribution in [0, 0.1) is 0 Å². The summed E-state index contributed by atoms with van der Waals surface area (Å²) >= 11 is -1.80. The fraction of sp³-hybridized carbons (Fsp3) is 0.875. The van der Waals surface area contributed by atoms with Crippen LogP contribution < -0.4 is 0 Å². The van der Waals surface area contributed by atoms with E-state index in [-0.39, 0.29) is 0 Å². The zero-order valence-electron chi connectivity index (χ0n) is 7.31. The molecule has 0 rings (SSSR count). The molecular weight excluding hydrogens is 231 g/mol. The van der Waals surface area contributed by atoms with Crippen molar-refractivity contribution in [3.8, 4) is 0 Å². The summed E-state index contributed by atoms with van der Waals surface area (Å²) in [6.07, 6.45) is 1.15. The van der Waals surface area contributed by atoms with E-state index in [1.807, 2.05) is 0 Å². The van der Waals surface area contributed by atoms with Crippen LogP contribution in [0.2, 0.25) is 17.7 Å². The zero-order valence-corrected chi connectivity index (χ0v) is 10.2. The van der Waals surface area contributed by atoms with Crippen LogP contribution in [0.3, 0.4) is 0 Å². The molecule has 0 saturated carbocycles. The first-order valence-electron chi connectivity index (χ1n) is 4.18. The predicted molar refractivity (Wildman–Crippen MR) is 48.1 cm³/mol. The van der Waals surface area contributed by atoms with Crippen molar-refractivity contribution >= 4 is 24.7 Å². The molecular formula is C8H18OSn. The second-order valence-electron chi connectivity index (χ2n) is 2.93. The number of hydrogen-bond acceptors (Lipinski definition) is 1. The van der Waals surface area contributed by atoms with Crippen LogP contribution in [-0.4, -0.2) is 24.7 Å². The molecule has 0 aromatic heterocycles. The minimum atomic E-state index is -1.80. The monoisotopic (exact) mass is 250 g/mol. The first-order valence-corrected chi connectivity index (χ1v) is 12.3. The summed E-state index contributed by atoms with van der Waals surface area (Å²) in [5.41, 5.74) is 0. The summed E-state index contributed by atoms with van der Waals surface area (Å²) in [4.78, 5) is 10.3. The zero-order chi connectivity index (χ0) is 8.04. The molecule has 0 aromatic carbocycles. The van der Waals surface area contributed by atoms with Crippen molar-refractivity contribution in [3.05, 3.63) is 0 Å². The summed E-state index contributed by atoms with van der Waals surface area (Å²) in [5.74, 6) is 0. The fourth-order valence-electron chi connectivity index (χ4n) is 1.36. The van der Waals surface area contributed by atoms with E-state index >= 15 is 0 Å². The first kappa shape index (κ1) is 10.5. The molecule has 0 aliphatic heterocycles. The third-order valence-corrected chi connectivity index (χ3v) is 18.6. The molecule has 0 aromatic rings. The van der Waals surface area contributed by atoms with Crippen molar-refractivity contribution < 1.29 is 4.79 Å². The van der Waals surface area contributed by atoms with E-state index in [1.165, 1.54) is 13.3 Å². The molecule has 2 heteroatoms. The molecule has 60 valence electrons. The van der Waals surface area contributed by atoms with Crippen LogP contribution in [0.5, 0.6) is 0 Å². The van der Waals surface area contributed by atoms with Gasteiger partial charge in [-0.3, -0.25) is 0 Å². The van der Waals surface area contributed by atoms with Gasteiger partial charge in [0.15, 0.2) is 0 Å². The van der Waals surface area contributed by atoms with Gasteiger partial charge >= 0.3 is 68.0 Å². The molecule has 0 spiro atoms. The Morgan fingerprint density at radius 3 is 1.60 bits per heavy atom. The van der Waals surface area contributed by atoms with Gasteiger partial charge in [-0.1, -0.05) is 0 Å². The van der Waals surface area contributed by atoms with Crippen LogP contribution in [0.25, 0.3) is 0 Å². The van der Waals surface area contributed by atoms with Gasteiger partial charge in [0, 0.05) is 0 Å². The van der Waals surface area contributed by atoms with Crippen LogP contribution in [-0.2, 0) is 4.79 Å². The topological polar surface area (TPSA) is 17.1 Å². The molecule has 0 aliphatic rings. The van der Waals surface area contributed by atoms with E-state index in [0.29, 0.717) is 0 Å². The Kier molecular flexibility index (Phi) is 5.40. The molecule has 0 saturated heterocycles. The van der Waals surface area contributed by atoms with Crippen LogP contribution >= 0.6 is 0 Å². The summed E-state index contributed by atoms with van der Waals surface area (Å²) in [6.45, 7) is 6.77. The average Bonchev–Trinajstić information content (AvgIpc) is 2.01. The van der Waals surface area contributed by atoms with E-state index < -0.39 is 18.4 Å². The van der Waals surface area contributed by atoms with E-state index in [1.54, 1.807) is 0 Å². The molecule has 0 N–H and O–H groups in total. The van der Waals surface area contributed by atoms with Gasteiger partial charge < -0.3 is 0 Å². The van der Waals surface area contributed by atoms with E-state index in [0.717, 1.165) is 10.7 Å². The van der Waals surface area contributed by atoms with Crippen molar-refractivity contribution in [1.82, 2.24) is 0 Å². The van der Waals surface area contributed by atoms with Crippen molar-refractivity contribution in [2.75, 3.05) is 0 Å². The van der Waals surface area contributed by atoms with Crippen LogP contribution in [0.1, 0.15) is 20.8 Å². The first-order chi connectivity index (χ1) is 4.74. The Morgan fingerprint density at radius 2 is 1.50 bits per heavy atom. The van der Waals surface area contributed by atoms with Crippen LogP contribution in [0.4, 0.5) is 0 Å². The normalized spacial score (nSPS) is 11.5. The molecule has 0 unspecified atom stereocenters. The Balaban J connectivity index is 4.00. The van der Waals surface area contributed by atoms with Gasteiger partial charge in [-0.25, -0.2) is 0 Å². The van der Waals surface area contributed by atoms with E-state index in [2.05, 4.69) is 20.8 Å². The number of aldehydes is 1. The van der Waals surface area contributed by atoms with Gasteiger partial charge in [-0.15, -0.1) is 0 Å². The SMILES string of the molecule is C[CH2][Sn]([CH2]C)([CH2]C)[CH2]C=O. The quantitative estimate of drug-likeness (QED) is 0.540. The molecule has 0 fully saturated rings. The van der Waals surface area contributed by atoms with Gasteiger partial charge in [-0.2, -0.15) is 0 Å². The minimum absolute atomic E-state index is 0.943. The van der Waals surface area contributed by atoms with Gasteiger partial charge in [-0.05, 0) is 0 Å². The standard InChI is InChI=1S/C2H3O.3C2H5.Sn/c1-2-3;3*1-2;/h2H,1H2;3*1H2,2H3;. The number of carbonyl (C=O) groups excluding carboxylic acids is 1. The molecule has 0 radical (unpaired) electrons. The summed E-state index contributed by atoms with van der Waals surface area (Å²) in [5, 5.41) is 0. The summed E-state index contributed by atoms with van der Waals surface area (Å²) in [6, 6.07) is 0. The summed E-state index contributed by atoms with van der Waals surface area (Å²) < 4.78 is 4.94. The maximum absolute atomic E-state index is 10.3. The molecule has 0 aliphatic carbocycles. The Morgan fingerprint density at radius 1 is 1.10 bits per heavy atom. The van der Waals surface area contributed by atoms with Crippen molar-refractivity contribution in [3.63, 3.8) is 0 Å². The van der Waals surface area contributed by atoms with Crippen molar-refractivity contribution in [2.45, 2.75) is 38.5 Å². The maximum atomic E-state index is 10.3. The average molecular weight is 249 g/mol. The van der Waals surface area contributed by atoms with Gasteiger partial charge in [0.2, 0.25) is 0 Å². The third kappa shape index (κ3) is 2.60. The second-order valence-corrected chi connectivity index (χ2v) is 18.7. The van der Waals surface area contributed by atoms with Crippen molar-refractivity contribution in [1.29, 1.82) is 0 Å². The predicted octanol–water partition coefficient (Wildman–Crippen LogP) is 2.69. The number of carbonyl (C=O) groups is 1. The Bertz CT molecular complexity index is 89.2. The Labute approximate surface area is 68.1 Å². The molecule has 0 amide bonds. The van der Waals surface area contributed by atoms with Gasteiger partial charge in [0.05, 0.1) is 0 Å². The molecule has 10 heavy (non-hydrogen) atoms. The molecule has 0 bridgehead atoms. The van der Waals surface area contributed by atoms with Crippen molar-refractivity contribution in [2.24, 2.45) is 0 Å².